The van der Waals surface area contributed by atoms with Gasteiger partial charge in [-0.2, -0.15) is 0 Å². The molecule has 7 heteroatoms. The van der Waals surface area contributed by atoms with Crippen molar-refractivity contribution in [3.63, 3.8) is 0 Å². The van der Waals surface area contributed by atoms with Crippen molar-refractivity contribution < 1.29 is 9.59 Å². The fraction of sp³-hybridized carbons (Fsp3) is 0.211. The molecule has 132 valence electrons. The highest BCUT2D eigenvalue weighted by Crippen LogP contribution is 2.34. The lowest BCUT2D eigenvalue weighted by atomic mass is 10.1. The molecule has 2 amide bonds. The molecule has 2 heterocycles. The van der Waals surface area contributed by atoms with Crippen LogP contribution in [0.25, 0.3) is 0 Å². The fourth-order valence-corrected chi connectivity index (χ4v) is 3.72. The van der Waals surface area contributed by atoms with Crippen LogP contribution in [0.1, 0.15) is 28.8 Å². The van der Waals surface area contributed by atoms with Gasteiger partial charge in [-0.15, -0.1) is 0 Å². The van der Waals surface area contributed by atoms with Crippen molar-refractivity contribution in [3.8, 4) is 0 Å². The van der Waals surface area contributed by atoms with Crippen LogP contribution < -0.4 is 10.9 Å². The number of nitrogens with one attached hydrogen (secondary N) is 2. The maximum Gasteiger partial charge on any atom is 0.269 e. The second-order valence-corrected chi connectivity index (χ2v) is 7.21. The number of aliphatic imine (C=N–C) groups is 1. The van der Waals surface area contributed by atoms with Gasteiger partial charge in [0, 0.05) is 23.0 Å². The summed E-state index contributed by atoms with van der Waals surface area (Å²) in [5, 5.41) is 0. The number of fused-ring (bicyclic) bond motifs is 2. The molecule has 2 aromatic carbocycles. The van der Waals surface area contributed by atoms with Crippen molar-refractivity contribution in [1.82, 2.24) is 15.8 Å². The summed E-state index contributed by atoms with van der Waals surface area (Å²) in [5.74, 6) is 0.367. The minimum Gasteiger partial charge on any atom is -0.344 e. The predicted molar refractivity (Wildman–Crippen MR) is 102 cm³/mol. The third kappa shape index (κ3) is 3.22. The average molecular weight is 413 g/mol. The number of carbonyl (C=O) groups is 2. The number of amides is 2. The van der Waals surface area contributed by atoms with Gasteiger partial charge in [-0.05, 0) is 42.3 Å². The summed E-state index contributed by atoms with van der Waals surface area (Å²) in [6.45, 7) is 0.637. The maximum atomic E-state index is 12.6. The quantitative estimate of drug-likeness (QED) is 0.744. The molecule has 2 aliphatic heterocycles. The highest BCUT2D eigenvalue weighted by molar-refractivity contribution is 9.10. The Labute approximate surface area is 159 Å². The molecule has 1 atom stereocenters. The molecule has 2 aliphatic rings. The van der Waals surface area contributed by atoms with Gasteiger partial charge in [-0.25, -0.2) is 4.99 Å². The first-order valence-corrected chi connectivity index (χ1v) is 9.19. The number of hydrazine groups is 1. The summed E-state index contributed by atoms with van der Waals surface area (Å²) in [4.78, 5) is 31.4. The van der Waals surface area contributed by atoms with Crippen molar-refractivity contribution in [2.24, 2.45) is 4.99 Å². The van der Waals surface area contributed by atoms with E-state index in [4.69, 9.17) is 0 Å². The summed E-state index contributed by atoms with van der Waals surface area (Å²) in [6, 6.07) is 14.4. The van der Waals surface area contributed by atoms with Crippen molar-refractivity contribution in [2.45, 2.75) is 25.4 Å². The van der Waals surface area contributed by atoms with Gasteiger partial charge in [0.05, 0.1) is 5.69 Å². The molecule has 0 radical (unpaired) electrons. The van der Waals surface area contributed by atoms with Crippen LogP contribution in [0.3, 0.4) is 0 Å². The summed E-state index contributed by atoms with van der Waals surface area (Å²) in [6.07, 6.45) is 1.43. The second-order valence-electron chi connectivity index (χ2n) is 6.29. The minimum atomic E-state index is -0.336. The Balaban J connectivity index is 1.43. The van der Waals surface area contributed by atoms with E-state index in [0.29, 0.717) is 18.5 Å². The normalized spacial score (nSPS) is 17.8. The number of halogens is 1. The van der Waals surface area contributed by atoms with E-state index >= 15 is 0 Å². The first-order valence-electron chi connectivity index (χ1n) is 8.40. The molecule has 0 aliphatic carbocycles. The van der Waals surface area contributed by atoms with E-state index in [-0.39, 0.29) is 17.9 Å². The van der Waals surface area contributed by atoms with Crippen molar-refractivity contribution in [2.75, 3.05) is 0 Å². The Kier molecular flexibility index (Phi) is 4.46. The predicted octanol–water partition coefficient (Wildman–Crippen LogP) is 2.92. The second kappa shape index (κ2) is 6.92. The zero-order valence-electron chi connectivity index (χ0n) is 13.9. The maximum absolute atomic E-state index is 12.6. The van der Waals surface area contributed by atoms with E-state index in [0.717, 1.165) is 28.0 Å². The van der Waals surface area contributed by atoms with E-state index in [1.165, 1.54) is 0 Å². The van der Waals surface area contributed by atoms with Gasteiger partial charge in [-0.3, -0.25) is 20.4 Å². The Hall–Kier alpha value is -2.67. The van der Waals surface area contributed by atoms with Gasteiger partial charge < -0.3 is 4.90 Å². The molecule has 2 aromatic rings. The molecule has 0 spiro atoms. The Morgan fingerprint density at radius 2 is 1.92 bits per heavy atom. The minimum absolute atomic E-state index is 0.224. The first-order chi connectivity index (χ1) is 12.6. The molecular weight excluding hydrogens is 396 g/mol. The zero-order valence-corrected chi connectivity index (χ0v) is 15.5. The highest BCUT2D eigenvalue weighted by atomic mass is 79.9. The van der Waals surface area contributed by atoms with Crippen molar-refractivity contribution in [3.05, 3.63) is 64.1 Å². The van der Waals surface area contributed by atoms with E-state index in [1.54, 1.807) is 24.3 Å². The van der Waals surface area contributed by atoms with Crippen molar-refractivity contribution >= 4 is 39.3 Å². The molecule has 0 saturated carbocycles. The third-order valence-electron chi connectivity index (χ3n) is 4.62. The summed E-state index contributed by atoms with van der Waals surface area (Å²) in [5.41, 5.74) is 7.57. The molecule has 0 bridgehead atoms. The largest absolute Gasteiger partial charge is 0.344 e. The molecule has 4 rings (SSSR count). The van der Waals surface area contributed by atoms with Crippen LogP contribution in [0.15, 0.2) is 58.0 Å². The van der Waals surface area contributed by atoms with Crippen molar-refractivity contribution in [1.29, 1.82) is 0 Å². The van der Waals surface area contributed by atoms with Crippen LogP contribution in [-0.4, -0.2) is 28.6 Å². The van der Waals surface area contributed by atoms with Gasteiger partial charge in [0.2, 0.25) is 0 Å². The lowest BCUT2D eigenvalue weighted by molar-refractivity contribution is -0.125. The number of rotatable bonds is 2. The fourth-order valence-electron chi connectivity index (χ4n) is 3.32. The van der Waals surface area contributed by atoms with Gasteiger partial charge in [0.25, 0.3) is 11.8 Å². The van der Waals surface area contributed by atoms with Crippen LogP contribution in [0.2, 0.25) is 0 Å². The standard InChI is InChI=1S/C19H17BrN4O2/c20-14-6-7-15-13(10-14)11-24-16(8-9-17(24)21-15)19(26)23-22-18(25)12-4-2-1-3-5-12/h1-7,10,16H,8-9,11H2,(H,22,25)(H,23,26)/t16-/m0/s1. The summed E-state index contributed by atoms with van der Waals surface area (Å²) >= 11 is 3.48. The average Bonchev–Trinajstić information content (AvgIpc) is 3.07. The Morgan fingerprint density at radius 3 is 2.73 bits per heavy atom. The molecule has 0 aromatic heterocycles. The van der Waals surface area contributed by atoms with Crippen LogP contribution in [0, 0.1) is 0 Å². The van der Waals surface area contributed by atoms with Crippen LogP contribution in [-0.2, 0) is 11.3 Å². The Morgan fingerprint density at radius 1 is 1.12 bits per heavy atom. The van der Waals surface area contributed by atoms with E-state index in [9.17, 15) is 9.59 Å². The number of hydrogen-bond acceptors (Lipinski definition) is 4. The topological polar surface area (TPSA) is 73.8 Å². The molecule has 0 unspecified atom stereocenters. The molecule has 6 nitrogen and oxygen atoms in total. The number of benzene rings is 2. The molecule has 2 N–H and O–H groups in total. The molecule has 1 fully saturated rings. The molecule has 1 saturated heterocycles. The van der Waals surface area contributed by atoms with Gasteiger partial charge in [-0.1, -0.05) is 34.1 Å². The summed E-state index contributed by atoms with van der Waals surface area (Å²) < 4.78 is 0.991. The van der Waals surface area contributed by atoms with Crippen LogP contribution in [0.5, 0.6) is 0 Å². The monoisotopic (exact) mass is 412 g/mol. The van der Waals surface area contributed by atoms with Crippen LogP contribution in [0.4, 0.5) is 5.69 Å². The van der Waals surface area contributed by atoms with E-state index < -0.39 is 0 Å². The molecular formula is C19H17BrN4O2. The SMILES string of the molecule is O=C(NNC(=O)[C@@H]1CCC2=Nc3ccc(Br)cc3CN21)c1ccccc1. The smallest absolute Gasteiger partial charge is 0.269 e. The lowest BCUT2D eigenvalue weighted by Crippen LogP contribution is -2.51. The molecule has 26 heavy (non-hydrogen) atoms. The van der Waals surface area contributed by atoms with Gasteiger partial charge in [0.15, 0.2) is 0 Å². The number of amidine groups is 1. The van der Waals surface area contributed by atoms with Gasteiger partial charge >= 0.3 is 0 Å². The number of hydrogen-bond donors (Lipinski definition) is 2. The van der Waals surface area contributed by atoms with E-state index in [1.807, 2.05) is 29.2 Å². The Bertz CT molecular complexity index is 898. The first kappa shape index (κ1) is 16.8. The third-order valence-corrected chi connectivity index (χ3v) is 5.11. The zero-order chi connectivity index (χ0) is 18.1. The lowest BCUT2D eigenvalue weighted by Gasteiger charge is -2.30. The number of carbonyl (C=O) groups excluding carboxylic acids is 2. The number of nitrogens with zero attached hydrogens (tertiary/aromatic N) is 2. The van der Waals surface area contributed by atoms with Crippen LogP contribution >= 0.6 is 15.9 Å². The summed E-state index contributed by atoms with van der Waals surface area (Å²) in [7, 11) is 0. The van der Waals surface area contributed by atoms with Gasteiger partial charge in [0.1, 0.15) is 11.9 Å². The van der Waals surface area contributed by atoms with E-state index in [2.05, 4.69) is 31.8 Å². The highest BCUT2D eigenvalue weighted by Gasteiger charge is 2.37.